The van der Waals surface area contributed by atoms with E-state index in [1.54, 1.807) is 12.4 Å². The van der Waals surface area contributed by atoms with Crippen molar-refractivity contribution < 1.29 is 0 Å². The molecule has 8 nitrogen and oxygen atoms in total. The van der Waals surface area contributed by atoms with Gasteiger partial charge in [0.2, 0.25) is 0 Å². The molecule has 0 bridgehead atoms. The molecule has 0 fully saturated rings. The van der Waals surface area contributed by atoms with Crippen LogP contribution in [0.1, 0.15) is 27.8 Å². The average Bonchev–Trinajstić information content (AvgIpc) is 0.810. The number of hydrogen-bond acceptors (Lipinski definition) is 8. The van der Waals surface area contributed by atoms with Crippen LogP contribution >= 0.6 is 0 Å². The van der Waals surface area contributed by atoms with Crippen LogP contribution in [0.3, 0.4) is 0 Å². The van der Waals surface area contributed by atoms with E-state index in [1.165, 1.54) is 140 Å². The minimum absolute atomic E-state index is 1.00. The summed E-state index contributed by atoms with van der Waals surface area (Å²) in [5.41, 5.74) is 30.1. The summed E-state index contributed by atoms with van der Waals surface area (Å²) in [7, 11) is 0. The number of aromatic nitrogens is 8. The van der Waals surface area contributed by atoms with Crippen molar-refractivity contribution >= 4 is 21.5 Å². The number of aryl methyl sites for hydroxylation is 5. The second kappa shape index (κ2) is 33.5. The highest BCUT2D eigenvalue weighted by Crippen LogP contribution is 2.36. The van der Waals surface area contributed by atoms with Crippen molar-refractivity contribution in [2.24, 2.45) is 0 Å². The molecule has 0 amide bonds. The molecular weight excluding hydrogens is 1250 g/mol. The van der Waals surface area contributed by atoms with Crippen LogP contribution in [0.15, 0.2) is 372 Å². The molecule has 496 valence electrons. The molecule has 0 saturated heterocycles. The number of hydrogen-bond donors (Lipinski definition) is 0. The molecule has 0 spiro atoms. The molecule has 0 radical (unpaired) electrons. The van der Waals surface area contributed by atoms with Gasteiger partial charge in [0.1, 0.15) is 12.7 Å². The van der Waals surface area contributed by atoms with Crippen LogP contribution in [0.5, 0.6) is 0 Å². The fourth-order valence-corrected chi connectivity index (χ4v) is 12.7. The largest absolute Gasteiger partial charge is 0.265 e. The van der Waals surface area contributed by atoms with Gasteiger partial charge in [-0.15, -0.1) is 0 Å². The molecule has 6 heterocycles. The van der Waals surface area contributed by atoms with Crippen molar-refractivity contribution in [3.8, 4) is 111 Å². The topological polar surface area (TPSA) is 103 Å². The number of rotatable bonds is 10. The SMILES string of the molecule is Cc1cc(-c2ccccc2)cc(-c2ccc3ccccc3c2)c1.Cc1cc(-c2ccccc2)cc(-c2cccc3ccccc23)c1.Cc1cc(-c2cccnc2)cc(-c2cccnc2)c1.Cc1cc(-c2ccncc2)cc(-c2ccncc2)c1.Cc1cc(-c2cncnc2)cc(-c2cncnc2)c1. The van der Waals surface area contributed by atoms with E-state index < -0.39 is 0 Å². The predicted molar refractivity (Wildman–Crippen MR) is 428 cm³/mol. The van der Waals surface area contributed by atoms with Gasteiger partial charge in [0.05, 0.1) is 0 Å². The van der Waals surface area contributed by atoms with Gasteiger partial charge >= 0.3 is 0 Å². The van der Waals surface area contributed by atoms with E-state index >= 15 is 0 Å². The number of benzene rings is 11. The summed E-state index contributed by atoms with van der Waals surface area (Å²) in [6.07, 6.45) is 25.0. The summed E-state index contributed by atoms with van der Waals surface area (Å²) in [5, 5.41) is 5.16. The Balaban J connectivity index is 0.000000115. The van der Waals surface area contributed by atoms with Crippen LogP contribution < -0.4 is 0 Å². The van der Waals surface area contributed by atoms with Crippen molar-refractivity contribution in [3.05, 3.63) is 400 Å². The molecule has 6 aromatic heterocycles. The molecule has 0 aliphatic rings. The number of nitrogens with zero attached hydrogens (tertiary/aromatic N) is 8. The molecule has 0 aliphatic carbocycles. The van der Waals surface area contributed by atoms with Crippen molar-refractivity contribution in [2.45, 2.75) is 34.6 Å². The summed E-state index contributed by atoms with van der Waals surface area (Å²) in [6.45, 7) is 10.6. The zero-order valence-corrected chi connectivity index (χ0v) is 58.3. The lowest BCUT2D eigenvalue weighted by Crippen LogP contribution is -1.87. The molecule has 103 heavy (non-hydrogen) atoms. The van der Waals surface area contributed by atoms with Gasteiger partial charge < -0.3 is 0 Å². The van der Waals surface area contributed by atoms with Gasteiger partial charge in [-0.25, -0.2) is 19.9 Å². The molecule has 0 aliphatic heterocycles. The second-order valence-corrected chi connectivity index (χ2v) is 25.5. The number of pyridine rings is 4. The normalized spacial score (nSPS) is 10.6. The van der Waals surface area contributed by atoms with Gasteiger partial charge in [-0.3, -0.25) is 19.9 Å². The van der Waals surface area contributed by atoms with Crippen LogP contribution in [0.2, 0.25) is 0 Å². The highest BCUT2D eigenvalue weighted by molar-refractivity contribution is 5.97. The number of fused-ring (bicyclic) bond motifs is 2. The molecule has 0 atom stereocenters. The quantitative estimate of drug-likeness (QED) is 0.133. The first kappa shape index (κ1) is 68.2. The van der Waals surface area contributed by atoms with E-state index in [0.29, 0.717) is 0 Å². The first-order chi connectivity index (χ1) is 50.6. The van der Waals surface area contributed by atoms with Crippen molar-refractivity contribution in [3.63, 3.8) is 0 Å². The Kier molecular flexibility index (Phi) is 22.2. The molecule has 8 heteroatoms. The Morgan fingerprint density at radius 3 is 0.913 bits per heavy atom. The van der Waals surface area contributed by atoms with Gasteiger partial charge in [0.25, 0.3) is 0 Å². The average molecular weight is 1330 g/mol. The first-order valence-electron chi connectivity index (χ1n) is 34.4. The van der Waals surface area contributed by atoms with E-state index in [9.17, 15) is 0 Å². The third-order valence-corrected chi connectivity index (χ3v) is 17.6. The molecular formula is C95H76N8. The highest BCUT2D eigenvalue weighted by atomic mass is 14.8. The van der Waals surface area contributed by atoms with Gasteiger partial charge in [0, 0.05) is 96.6 Å². The van der Waals surface area contributed by atoms with Gasteiger partial charge in [-0.05, 0) is 246 Å². The summed E-state index contributed by atoms with van der Waals surface area (Å²) in [5.74, 6) is 0. The molecule has 11 aromatic carbocycles. The Bertz CT molecular complexity index is 5110. The Morgan fingerprint density at radius 1 is 0.165 bits per heavy atom. The monoisotopic (exact) mass is 1330 g/mol. The summed E-state index contributed by atoms with van der Waals surface area (Å²) < 4.78 is 0. The lowest BCUT2D eigenvalue weighted by atomic mass is 9.93. The zero-order valence-electron chi connectivity index (χ0n) is 58.3. The predicted octanol–water partition coefficient (Wildman–Crippen LogP) is 24.1. The second-order valence-electron chi connectivity index (χ2n) is 25.5. The van der Waals surface area contributed by atoms with Gasteiger partial charge in [-0.1, -0.05) is 212 Å². The molecule has 0 saturated carbocycles. The molecule has 17 aromatic rings. The molecule has 0 unspecified atom stereocenters. The van der Waals surface area contributed by atoms with Gasteiger partial charge in [-0.2, -0.15) is 0 Å². The minimum atomic E-state index is 1.00. The first-order valence-corrected chi connectivity index (χ1v) is 34.4. The van der Waals surface area contributed by atoms with E-state index in [0.717, 1.165) is 33.4 Å². The smallest absolute Gasteiger partial charge is 0.115 e. The molecule has 0 N–H and O–H groups in total. The Hall–Kier alpha value is -13.3. The maximum Gasteiger partial charge on any atom is 0.115 e. The Morgan fingerprint density at radius 2 is 0.485 bits per heavy atom. The van der Waals surface area contributed by atoms with E-state index in [1.807, 2.05) is 98.4 Å². The van der Waals surface area contributed by atoms with E-state index in [-0.39, 0.29) is 0 Å². The lowest BCUT2D eigenvalue weighted by Gasteiger charge is -2.11. The van der Waals surface area contributed by atoms with Crippen LogP contribution in [0.4, 0.5) is 0 Å². The van der Waals surface area contributed by atoms with Gasteiger partial charge in [0.15, 0.2) is 0 Å². The van der Waals surface area contributed by atoms with Crippen molar-refractivity contribution in [2.75, 3.05) is 0 Å². The van der Waals surface area contributed by atoms with E-state index in [2.05, 4.69) is 323 Å². The standard InChI is InChI=1S/2C23H18.2C17H14N2.C15H12N4/c1-17-14-20(18-8-3-2-4-9-18)16-21(15-17)23-13-7-11-19-10-5-6-12-22(19)23;1-17-13-22(18-7-3-2-4-8-18)16-23(14-17)21-12-11-19-9-5-6-10-20(19)15-21;1-13-10-16(14-2-6-18-7-3-14)12-17(11-13)15-4-8-19-9-5-15;1-13-8-16(14-4-2-6-18-11-14)10-17(9-13)15-5-3-7-19-12-15;1-11-2-12(14-5-16-9-17-6-14)4-13(3-11)15-7-18-10-19-8-15/h2*2-16H,1H3;2*2-12H,1H3;2-10H,1H3. The summed E-state index contributed by atoms with van der Waals surface area (Å²) in [4.78, 5) is 32.7. The summed E-state index contributed by atoms with van der Waals surface area (Å²) >= 11 is 0. The van der Waals surface area contributed by atoms with Crippen LogP contribution in [-0.4, -0.2) is 39.9 Å². The zero-order chi connectivity index (χ0) is 70.5. The fourth-order valence-electron chi connectivity index (χ4n) is 12.7. The molecule has 17 rings (SSSR count). The third kappa shape index (κ3) is 18.1. The van der Waals surface area contributed by atoms with E-state index in [4.69, 9.17) is 0 Å². The van der Waals surface area contributed by atoms with Crippen molar-refractivity contribution in [1.29, 1.82) is 0 Å². The van der Waals surface area contributed by atoms with Crippen LogP contribution in [-0.2, 0) is 0 Å². The maximum absolute atomic E-state index is 4.18. The lowest BCUT2D eigenvalue weighted by molar-refractivity contribution is 1.17. The van der Waals surface area contributed by atoms with Crippen LogP contribution in [0.25, 0.3) is 133 Å². The maximum atomic E-state index is 4.18. The third-order valence-electron chi connectivity index (χ3n) is 17.6. The minimum Gasteiger partial charge on any atom is -0.265 e. The highest BCUT2D eigenvalue weighted by Gasteiger charge is 2.11. The fraction of sp³-hybridized carbons (Fsp3) is 0.0526. The Labute approximate surface area is 603 Å². The van der Waals surface area contributed by atoms with Crippen LogP contribution in [0, 0.1) is 34.6 Å². The summed E-state index contributed by atoms with van der Waals surface area (Å²) in [6, 6.07) is 101. The van der Waals surface area contributed by atoms with Crippen molar-refractivity contribution in [1.82, 2.24) is 39.9 Å².